The molecule has 0 aliphatic heterocycles. The van der Waals surface area contributed by atoms with Gasteiger partial charge in [-0.1, -0.05) is 0 Å². The van der Waals surface area contributed by atoms with E-state index in [1.54, 1.807) is 18.3 Å². The van der Waals surface area contributed by atoms with Gasteiger partial charge < -0.3 is 16.3 Å². The zero-order chi connectivity index (χ0) is 9.68. The maximum Gasteiger partial charge on any atom is 0.224 e. The van der Waals surface area contributed by atoms with Crippen molar-refractivity contribution in [1.29, 1.82) is 0 Å². The summed E-state index contributed by atoms with van der Waals surface area (Å²) >= 11 is 0. The number of amidine groups is 1. The molecule has 0 amide bonds. The van der Waals surface area contributed by atoms with Crippen molar-refractivity contribution in [2.45, 2.75) is 6.92 Å². The fourth-order valence-corrected chi connectivity index (χ4v) is 0.907. The molecule has 0 unspecified atom stereocenters. The van der Waals surface area contributed by atoms with Gasteiger partial charge in [0.05, 0.1) is 12.2 Å². The molecule has 0 fully saturated rings. The van der Waals surface area contributed by atoms with Gasteiger partial charge in [-0.15, -0.1) is 0 Å². The van der Waals surface area contributed by atoms with E-state index in [4.69, 9.17) is 16.3 Å². The van der Waals surface area contributed by atoms with Crippen molar-refractivity contribution in [3.8, 4) is 5.88 Å². The Balaban J connectivity index is 3.04. The van der Waals surface area contributed by atoms with E-state index in [1.165, 1.54) is 0 Å². The van der Waals surface area contributed by atoms with Crippen LogP contribution in [-0.4, -0.2) is 17.4 Å². The normalized spacial score (nSPS) is 11.3. The molecule has 0 bridgehead atoms. The summed E-state index contributed by atoms with van der Waals surface area (Å²) in [6, 6.07) is 3.50. The molecule has 1 aromatic rings. The molecule has 0 atom stereocenters. The van der Waals surface area contributed by atoms with Gasteiger partial charge in [-0.3, -0.25) is 0 Å². The Bertz CT molecular complexity index is 311. The Morgan fingerprint density at radius 1 is 1.69 bits per heavy atom. The number of aromatic nitrogens is 1. The first-order valence-corrected chi connectivity index (χ1v) is 3.91. The van der Waals surface area contributed by atoms with Crippen LogP contribution < -0.4 is 16.3 Å². The molecule has 0 aliphatic rings. The molecule has 70 valence electrons. The van der Waals surface area contributed by atoms with Crippen LogP contribution in [0.4, 0.5) is 0 Å². The van der Waals surface area contributed by atoms with Crippen molar-refractivity contribution in [2.75, 3.05) is 6.61 Å². The van der Waals surface area contributed by atoms with Crippen molar-refractivity contribution in [3.63, 3.8) is 0 Å². The second kappa shape index (κ2) is 4.30. The van der Waals surface area contributed by atoms with Crippen LogP contribution in [0.2, 0.25) is 0 Å². The summed E-state index contributed by atoms with van der Waals surface area (Å²) < 4.78 is 5.23. The van der Waals surface area contributed by atoms with E-state index in [0.717, 1.165) is 0 Å². The van der Waals surface area contributed by atoms with Crippen molar-refractivity contribution in [1.82, 2.24) is 4.98 Å². The highest BCUT2D eigenvalue weighted by molar-refractivity contribution is 5.99. The highest BCUT2D eigenvalue weighted by atomic mass is 16.5. The van der Waals surface area contributed by atoms with Crippen LogP contribution in [0.1, 0.15) is 12.5 Å². The zero-order valence-electron chi connectivity index (χ0n) is 7.40. The second-order valence-corrected chi connectivity index (χ2v) is 2.30. The number of hydrazone groups is 1. The van der Waals surface area contributed by atoms with Crippen molar-refractivity contribution in [2.24, 2.45) is 16.7 Å². The molecule has 5 heteroatoms. The molecule has 0 saturated heterocycles. The predicted octanol–water partition coefficient (Wildman–Crippen LogP) is 0.0593. The third kappa shape index (κ3) is 2.08. The molecule has 1 aromatic heterocycles. The van der Waals surface area contributed by atoms with Crippen molar-refractivity contribution >= 4 is 5.84 Å². The Kier molecular flexibility index (Phi) is 3.08. The lowest BCUT2D eigenvalue weighted by molar-refractivity contribution is 0.326. The molecule has 0 saturated carbocycles. The maximum absolute atomic E-state index is 5.53. The Morgan fingerprint density at radius 3 is 3.08 bits per heavy atom. The minimum Gasteiger partial charge on any atom is -0.477 e. The lowest BCUT2D eigenvalue weighted by atomic mass is 10.2. The van der Waals surface area contributed by atoms with Crippen LogP contribution in [0.15, 0.2) is 23.4 Å². The summed E-state index contributed by atoms with van der Waals surface area (Å²) in [5.74, 6) is 5.72. The van der Waals surface area contributed by atoms with Crippen LogP contribution >= 0.6 is 0 Å². The summed E-state index contributed by atoms with van der Waals surface area (Å²) in [6.45, 7) is 2.40. The number of hydrogen-bond acceptors (Lipinski definition) is 4. The molecule has 0 radical (unpaired) electrons. The van der Waals surface area contributed by atoms with E-state index < -0.39 is 0 Å². The van der Waals surface area contributed by atoms with Crippen LogP contribution in [0.25, 0.3) is 0 Å². The van der Waals surface area contributed by atoms with Gasteiger partial charge in [0, 0.05) is 6.20 Å². The second-order valence-electron chi connectivity index (χ2n) is 2.30. The molecular formula is C8H12N4O. The molecule has 5 nitrogen and oxygen atoms in total. The van der Waals surface area contributed by atoms with Gasteiger partial charge in [0.25, 0.3) is 0 Å². The Labute approximate surface area is 76.4 Å². The zero-order valence-corrected chi connectivity index (χ0v) is 7.40. The number of hydrogen-bond donors (Lipinski definition) is 2. The fourth-order valence-electron chi connectivity index (χ4n) is 0.907. The van der Waals surface area contributed by atoms with E-state index in [1.807, 2.05) is 6.92 Å². The average Bonchev–Trinajstić information content (AvgIpc) is 2.18. The van der Waals surface area contributed by atoms with Crippen molar-refractivity contribution in [3.05, 3.63) is 23.9 Å². The lowest BCUT2D eigenvalue weighted by Gasteiger charge is -2.06. The molecule has 13 heavy (non-hydrogen) atoms. The van der Waals surface area contributed by atoms with Gasteiger partial charge in [-0.2, -0.15) is 5.10 Å². The van der Waals surface area contributed by atoms with E-state index in [9.17, 15) is 0 Å². The van der Waals surface area contributed by atoms with Gasteiger partial charge in [-0.25, -0.2) is 4.98 Å². The van der Waals surface area contributed by atoms with Crippen LogP contribution in [0.5, 0.6) is 5.88 Å². The molecule has 0 aromatic carbocycles. The van der Waals surface area contributed by atoms with Gasteiger partial charge >= 0.3 is 0 Å². The van der Waals surface area contributed by atoms with Crippen LogP contribution in [-0.2, 0) is 0 Å². The van der Waals surface area contributed by atoms with E-state index >= 15 is 0 Å². The number of nitrogens with zero attached hydrogens (tertiary/aromatic N) is 2. The maximum atomic E-state index is 5.53. The van der Waals surface area contributed by atoms with Gasteiger partial charge in [-0.05, 0) is 19.1 Å². The molecule has 1 rings (SSSR count). The highest BCUT2D eigenvalue weighted by Gasteiger charge is 2.06. The number of ether oxygens (including phenoxy) is 1. The third-order valence-corrected chi connectivity index (χ3v) is 1.47. The van der Waals surface area contributed by atoms with E-state index in [0.29, 0.717) is 18.1 Å². The van der Waals surface area contributed by atoms with Crippen LogP contribution in [0.3, 0.4) is 0 Å². The summed E-state index contributed by atoms with van der Waals surface area (Å²) in [5.41, 5.74) is 6.15. The monoisotopic (exact) mass is 180 g/mol. The van der Waals surface area contributed by atoms with Crippen LogP contribution in [0, 0.1) is 0 Å². The SMILES string of the molecule is CCOc1ncccc1/C(N)=N/N. The molecule has 0 spiro atoms. The molecular weight excluding hydrogens is 168 g/mol. The summed E-state index contributed by atoms with van der Waals surface area (Å²) in [5, 5.41) is 3.38. The first kappa shape index (κ1) is 9.31. The lowest BCUT2D eigenvalue weighted by Crippen LogP contribution is -2.17. The average molecular weight is 180 g/mol. The first-order chi connectivity index (χ1) is 6.29. The standard InChI is InChI=1S/C8H12N4O/c1-2-13-8-6(7(9)12-10)4-3-5-11-8/h3-5H,2,10H2,1H3,(H2,9,12). The van der Waals surface area contributed by atoms with Crippen molar-refractivity contribution < 1.29 is 4.74 Å². The summed E-state index contributed by atoms with van der Waals surface area (Å²) in [4.78, 5) is 4.00. The number of rotatable bonds is 3. The summed E-state index contributed by atoms with van der Waals surface area (Å²) in [7, 11) is 0. The molecule has 1 heterocycles. The number of pyridine rings is 1. The summed E-state index contributed by atoms with van der Waals surface area (Å²) in [6.07, 6.45) is 1.62. The number of nitrogens with two attached hydrogens (primary N) is 2. The smallest absolute Gasteiger partial charge is 0.224 e. The Hall–Kier alpha value is -1.78. The van der Waals surface area contributed by atoms with Gasteiger partial charge in [0.15, 0.2) is 5.84 Å². The fraction of sp³-hybridized carbons (Fsp3) is 0.250. The largest absolute Gasteiger partial charge is 0.477 e. The first-order valence-electron chi connectivity index (χ1n) is 3.91. The van der Waals surface area contributed by atoms with Gasteiger partial charge in [0.2, 0.25) is 5.88 Å². The van der Waals surface area contributed by atoms with Gasteiger partial charge in [0.1, 0.15) is 0 Å². The topological polar surface area (TPSA) is 86.5 Å². The van der Waals surface area contributed by atoms with E-state index in [2.05, 4.69) is 10.1 Å². The minimum absolute atomic E-state index is 0.219. The minimum atomic E-state index is 0.219. The Morgan fingerprint density at radius 2 is 2.46 bits per heavy atom. The third-order valence-electron chi connectivity index (χ3n) is 1.47. The predicted molar refractivity (Wildman–Crippen MR) is 50.3 cm³/mol. The highest BCUT2D eigenvalue weighted by Crippen LogP contribution is 2.12. The van der Waals surface area contributed by atoms with E-state index in [-0.39, 0.29) is 5.84 Å². The quantitative estimate of drug-likeness (QED) is 0.298. The molecule has 0 aliphatic carbocycles. The molecule has 4 N–H and O–H groups in total.